The van der Waals surface area contributed by atoms with E-state index in [4.69, 9.17) is 0 Å². The van der Waals surface area contributed by atoms with Gasteiger partial charge in [-0.1, -0.05) is 42.5 Å². The molecule has 1 aliphatic heterocycles. The van der Waals surface area contributed by atoms with E-state index in [1.165, 1.54) is 22.9 Å². The maximum atomic E-state index is 11.2. The zero-order chi connectivity index (χ0) is 19.0. The Hall–Kier alpha value is -2.50. The number of nitrogens with one attached hydrogen (secondary N) is 1. The van der Waals surface area contributed by atoms with Crippen LogP contribution in [0.5, 0.6) is 0 Å². The summed E-state index contributed by atoms with van der Waals surface area (Å²) >= 11 is 1.48. The molecule has 0 saturated carbocycles. The first-order chi connectivity index (χ1) is 13.0. The number of thioether (sulfide) groups is 1. The van der Waals surface area contributed by atoms with Crippen molar-refractivity contribution in [3.05, 3.63) is 77.6 Å². The number of nitrogens with zero attached hydrogens (tertiary/aromatic N) is 1. The van der Waals surface area contributed by atoms with Crippen LogP contribution < -0.4 is 5.32 Å². The number of carbonyl (C=O) groups is 1. The van der Waals surface area contributed by atoms with Crippen molar-refractivity contribution < 1.29 is 9.90 Å². The Bertz CT molecular complexity index is 964. The van der Waals surface area contributed by atoms with E-state index in [1.807, 2.05) is 18.2 Å². The summed E-state index contributed by atoms with van der Waals surface area (Å²) in [4.78, 5) is 11.2. The summed E-state index contributed by atoms with van der Waals surface area (Å²) < 4.78 is 2.24. The molecule has 1 aromatic heterocycles. The maximum Gasteiger partial charge on any atom is 0.318 e. The van der Waals surface area contributed by atoms with E-state index in [2.05, 4.69) is 66.2 Å². The lowest BCUT2D eigenvalue weighted by molar-refractivity contribution is -0.136. The highest BCUT2D eigenvalue weighted by molar-refractivity contribution is 8.01. The summed E-state index contributed by atoms with van der Waals surface area (Å²) in [7, 11) is 0. The summed E-state index contributed by atoms with van der Waals surface area (Å²) in [6, 6.07) is 21.1. The van der Waals surface area contributed by atoms with Gasteiger partial charge in [-0.2, -0.15) is 0 Å². The second-order valence-electron chi connectivity index (χ2n) is 6.83. The van der Waals surface area contributed by atoms with Crippen LogP contribution in [0.25, 0.3) is 16.8 Å². The van der Waals surface area contributed by atoms with Crippen LogP contribution in [0.1, 0.15) is 22.3 Å². The number of benzene rings is 2. The predicted molar refractivity (Wildman–Crippen MR) is 110 cm³/mol. The average molecular weight is 378 g/mol. The smallest absolute Gasteiger partial charge is 0.318 e. The molecular weight excluding hydrogens is 356 g/mol. The Labute approximate surface area is 163 Å². The zero-order valence-corrected chi connectivity index (χ0v) is 16.2. The van der Waals surface area contributed by atoms with Crippen LogP contribution in [0.4, 0.5) is 0 Å². The molecule has 3 aromatic rings. The molecule has 27 heavy (non-hydrogen) atoms. The quantitative estimate of drug-likeness (QED) is 0.699. The van der Waals surface area contributed by atoms with Crippen LogP contribution in [-0.4, -0.2) is 27.4 Å². The topological polar surface area (TPSA) is 54.3 Å². The SMILES string of the molecule is Cc1cc([C@@H]2NC[C@H](C(=O)O)S2)c(C)n1-c1ccc(-c2ccccc2)cc1. The van der Waals surface area contributed by atoms with Crippen molar-refractivity contribution in [3.63, 3.8) is 0 Å². The Morgan fingerprint density at radius 3 is 2.37 bits per heavy atom. The summed E-state index contributed by atoms with van der Waals surface area (Å²) in [5.41, 5.74) is 6.98. The van der Waals surface area contributed by atoms with Gasteiger partial charge in [0.05, 0.1) is 5.37 Å². The van der Waals surface area contributed by atoms with Gasteiger partial charge in [-0.05, 0) is 43.2 Å². The number of aryl methyl sites for hydroxylation is 1. The Balaban J connectivity index is 1.63. The van der Waals surface area contributed by atoms with Gasteiger partial charge >= 0.3 is 5.97 Å². The molecule has 2 aromatic carbocycles. The van der Waals surface area contributed by atoms with E-state index in [0.717, 1.165) is 22.6 Å². The fourth-order valence-electron chi connectivity index (χ4n) is 3.69. The highest BCUT2D eigenvalue weighted by Crippen LogP contribution is 2.38. The van der Waals surface area contributed by atoms with E-state index in [9.17, 15) is 9.90 Å². The molecule has 1 fully saturated rings. The van der Waals surface area contributed by atoms with Gasteiger partial charge in [-0.15, -0.1) is 11.8 Å². The molecule has 1 saturated heterocycles. The molecule has 4 rings (SSSR count). The monoisotopic (exact) mass is 378 g/mol. The fraction of sp³-hybridized carbons (Fsp3) is 0.227. The number of aromatic nitrogens is 1. The third-order valence-electron chi connectivity index (χ3n) is 5.05. The van der Waals surface area contributed by atoms with Crippen LogP contribution in [0, 0.1) is 13.8 Å². The lowest BCUT2D eigenvalue weighted by atomic mass is 10.1. The molecule has 0 radical (unpaired) electrons. The third-order valence-corrected chi connectivity index (χ3v) is 6.44. The Morgan fingerprint density at radius 2 is 1.74 bits per heavy atom. The van der Waals surface area contributed by atoms with E-state index < -0.39 is 5.97 Å². The van der Waals surface area contributed by atoms with E-state index in [1.54, 1.807) is 0 Å². The van der Waals surface area contributed by atoms with Crippen LogP contribution >= 0.6 is 11.8 Å². The van der Waals surface area contributed by atoms with Gasteiger partial charge in [-0.25, -0.2) is 0 Å². The van der Waals surface area contributed by atoms with Crippen molar-refractivity contribution in [2.45, 2.75) is 24.5 Å². The van der Waals surface area contributed by atoms with Crippen molar-refractivity contribution in [2.75, 3.05) is 6.54 Å². The van der Waals surface area contributed by atoms with Crippen LogP contribution in [0.15, 0.2) is 60.7 Å². The molecular formula is C22H22N2O2S. The number of aliphatic carboxylic acids is 1. The summed E-state index contributed by atoms with van der Waals surface area (Å²) in [6.45, 7) is 4.69. The molecule has 2 heterocycles. The molecule has 138 valence electrons. The number of carboxylic acid groups (broad SMARTS) is 1. The molecule has 1 aliphatic rings. The lowest BCUT2D eigenvalue weighted by Gasteiger charge is -2.13. The van der Waals surface area contributed by atoms with Gasteiger partial charge in [0, 0.05) is 29.2 Å². The number of hydrogen-bond donors (Lipinski definition) is 2. The zero-order valence-electron chi connectivity index (χ0n) is 15.3. The molecule has 0 spiro atoms. The minimum atomic E-state index is -0.750. The summed E-state index contributed by atoms with van der Waals surface area (Å²) in [5, 5.41) is 12.2. The molecule has 0 aliphatic carbocycles. The van der Waals surface area contributed by atoms with Gasteiger partial charge < -0.3 is 9.67 Å². The number of carboxylic acids is 1. The minimum Gasteiger partial charge on any atom is -0.480 e. The Morgan fingerprint density at radius 1 is 1.07 bits per heavy atom. The van der Waals surface area contributed by atoms with Gasteiger partial charge in [0.2, 0.25) is 0 Å². The lowest BCUT2D eigenvalue weighted by Crippen LogP contribution is -2.21. The second-order valence-corrected chi connectivity index (χ2v) is 8.14. The van der Waals surface area contributed by atoms with Crippen molar-refractivity contribution >= 4 is 17.7 Å². The highest BCUT2D eigenvalue weighted by Gasteiger charge is 2.32. The average Bonchev–Trinajstić information content (AvgIpc) is 3.28. The van der Waals surface area contributed by atoms with E-state index in [0.29, 0.717) is 6.54 Å². The maximum absolute atomic E-state index is 11.2. The number of hydrogen-bond acceptors (Lipinski definition) is 3. The number of rotatable bonds is 4. The summed E-state index contributed by atoms with van der Waals surface area (Å²) in [6.07, 6.45) is 0. The predicted octanol–water partition coefficient (Wildman–Crippen LogP) is 4.55. The van der Waals surface area contributed by atoms with Gasteiger partial charge in [0.15, 0.2) is 0 Å². The van der Waals surface area contributed by atoms with E-state index >= 15 is 0 Å². The van der Waals surface area contributed by atoms with Gasteiger partial charge in [0.1, 0.15) is 5.25 Å². The first-order valence-corrected chi connectivity index (χ1v) is 9.95. The molecule has 0 amide bonds. The van der Waals surface area contributed by atoms with Crippen LogP contribution in [-0.2, 0) is 4.79 Å². The molecule has 0 bridgehead atoms. The standard InChI is InChI=1S/C22H22N2O2S/c1-14-12-19(21-23-13-20(27-21)22(25)26)15(2)24(14)18-10-8-17(9-11-18)16-6-4-3-5-7-16/h3-12,20-21,23H,13H2,1-2H3,(H,25,26)/t20-,21-/m1/s1. The first-order valence-electron chi connectivity index (χ1n) is 9.01. The first kappa shape index (κ1) is 17.9. The Kier molecular flexibility index (Phi) is 4.81. The highest BCUT2D eigenvalue weighted by atomic mass is 32.2. The van der Waals surface area contributed by atoms with Crippen molar-refractivity contribution in [2.24, 2.45) is 0 Å². The van der Waals surface area contributed by atoms with Gasteiger partial charge in [-0.3, -0.25) is 10.1 Å². The molecule has 2 atom stereocenters. The molecule has 0 unspecified atom stereocenters. The fourth-order valence-corrected chi connectivity index (χ4v) is 4.90. The summed E-state index contributed by atoms with van der Waals surface area (Å²) in [5.74, 6) is -0.750. The minimum absolute atomic E-state index is 0.0228. The molecule has 5 heteroatoms. The molecule has 2 N–H and O–H groups in total. The normalized spacial score (nSPS) is 19.3. The van der Waals surface area contributed by atoms with Crippen molar-refractivity contribution in [3.8, 4) is 16.8 Å². The van der Waals surface area contributed by atoms with Crippen molar-refractivity contribution in [1.29, 1.82) is 0 Å². The third kappa shape index (κ3) is 3.40. The van der Waals surface area contributed by atoms with Crippen LogP contribution in [0.3, 0.4) is 0 Å². The largest absolute Gasteiger partial charge is 0.480 e. The van der Waals surface area contributed by atoms with Gasteiger partial charge in [0.25, 0.3) is 0 Å². The molecule has 4 nitrogen and oxygen atoms in total. The van der Waals surface area contributed by atoms with Crippen molar-refractivity contribution in [1.82, 2.24) is 9.88 Å². The van der Waals surface area contributed by atoms with E-state index in [-0.39, 0.29) is 10.6 Å². The second kappa shape index (κ2) is 7.25. The van der Waals surface area contributed by atoms with Crippen LogP contribution in [0.2, 0.25) is 0 Å².